The van der Waals surface area contributed by atoms with Crippen LogP contribution in [0.15, 0.2) is 30.3 Å². The Morgan fingerprint density at radius 2 is 1.69 bits per heavy atom. The minimum absolute atomic E-state index is 0.0147. The maximum absolute atomic E-state index is 13.3. The Bertz CT molecular complexity index is 1280. The lowest BCUT2D eigenvalue weighted by Crippen LogP contribution is -2.59. The van der Waals surface area contributed by atoms with Gasteiger partial charge in [-0.2, -0.15) is 0 Å². The van der Waals surface area contributed by atoms with E-state index in [0.29, 0.717) is 19.3 Å². The van der Waals surface area contributed by atoms with E-state index in [1.165, 1.54) is 11.8 Å². The quantitative estimate of drug-likeness (QED) is 0.128. The van der Waals surface area contributed by atoms with Crippen LogP contribution in [0.4, 0.5) is 4.79 Å². The number of alkyl carbamates (subject to hydrolysis) is 1. The first kappa shape index (κ1) is 38.2. The molecule has 0 aliphatic carbocycles. The lowest BCUT2D eigenvalue weighted by Gasteiger charge is -2.37. The van der Waals surface area contributed by atoms with Crippen molar-refractivity contribution in [1.82, 2.24) is 31.5 Å². The maximum atomic E-state index is 13.3. The van der Waals surface area contributed by atoms with Crippen LogP contribution in [0, 0.1) is 5.92 Å². The number of aliphatic hydroxyl groups excluding tert-OH is 2. The van der Waals surface area contributed by atoms with Gasteiger partial charge in [0.25, 0.3) is 0 Å². The molecule has 2 fully saturated rings. The van der Waals surface area contributed by atoms with Gasteiger partial charge in [0.15, 0.2) is 6.29 Å². The molecule has 2 aliphatic heterocycles. The summed E-state index contributed by atoms with van der Waals surface area (Å²) >= 11 is 0. The van der Waals surface area contributed by atoms with Crippen LogP contribution in [-0.2, 0) is 40.1 Å². The fourth-order valence-electron chi connectivity index (χ4n) is 5.51. The van der Waals surface area contributed by atoms with Crippen molar-refractivity contribution in [3.8, 4) is 0 Å². The average Bonchev–Trinajstić information content (AvgIpc) is 3.54. The number of carbonyl (C=O) groups excluding carboxylic acids is 6. The third kappa shape index (κ3) is 11.8. The standard InChI is InChI=1S/C32H48N6O10/c1-18(2)13-23(30(44)36-22-14-27(41)48-20(4)28(22)42)37-31(45)24-11-8-12-38(24)26(40)16-33-29(43)19(3)35-25(39)15-34-32(46)47-17-21-9-6-5-7-10-21/h5-7,9-10,18-20,22-24,27-28,41-42H,8,11-17H2,1-4H3,(H,33,43)(H,34,46)(H,35,39)(H,36,44)(H,37,45)/t19?,20?,22?,23-,24?,27?,28?/m0/s1. The van der Waals surface area contributed by atoms with Gasteiger partial charge in [-0.25, -0.2) is 4.79 Å². The van der Waals surface area contributed by atoms with E-state index in [1.807, 2.05) is 19.9 Å². The zero-order valence-electron chi connectivity index (χ0n) is 27.8. The van der Waals surface area contributed by atoms with E-state index in [9.17, 15) is 39.0 Å². The molecular formula is C32H48N6O10. The van der Waals surface area contributed by atoms with Gasteiger partial charge in [-0.3, -0.25) is 24.0 Å². The van der Waals surface area contributed by atoms with Gasteiger partial charge >= 0.3 is 6.09 Å². The zero-order chi connectivity index (χ0) is 35.4. The predicted octanol–water partition coefficient (Wildman–Crippen LogP) is -0.971. The van der Waals surface area contributed by atoms with E-state index in [0.717, 1.165) is 5.56 Å². The molecule has 3 rings (SSSR count). The van der Waals surface area contributed by atoms with Gasteiger partial charge in [0, 0.05) is 13.0 Å². The van der Waals surface area contributed by atoms with Crippen LogP contribution < -0.4 is 26.6 Å². The number of likely N-dealkylation sites (tertiary alicyclic amines) is 1. The summed E-state index contributed by atoms with van der Waals surface area (Å²) in [6.07, 6.45) is -2.53. The highest BCUT2D eigenvalue weighted by Gasteiger charge is 2.39. The second kappa shape index (κ2) is 18.3. The number of nitrogens with one attached hydrogen (secondary N) is 5. The number of carbonyl (C=O) groups is 6. The normalized spacial score (nSPS) is 23.4. The highest BCUT2D eigenvalue weighted by atomic mass is 16.6. The van der Waals surface area contributed by atoms with Gasteiger partial charge in [0.1, 0.15) is 37.4 Å². The molecule has 2 saturated heterocycles. The van der Waals surface area contributed by atoms with Crippen LogP contribution in [0.2, 0.25) is 0 Å². The average molecular weight is 677 g/mol. The summed E-state index contributed by atoms with van der Waals surface area (Å²) in [7, 11) is 0. The minimum atomic E-state index is -1.15. The molecule has 2 aliphatic rings. The molecule has 0 bridgehead atoms. The summed E-state index contributed by atoms with van der Waals surface area (Å²) in [5.74, 6) is -2.83. The number of aliphatic hydroxyl groups is 2. The molecule has 1 aromatic carbocycles. The molecule has 0 spiro atoms. The summed E-state index contributed by atoms with van der Waals surface area (Å²) in [4.78, 5) is 77.6. The van der Waals surface area contributed by atoms with E-state index in [4.69, 9.17) is 9.47 Å². The maximum Gasteiger partial charge on any atom is 0.407 e. The number of rotatable bonds is 14. The molecule has 16 heteroatoms. The molecule has 0 radical (unpaired) electrons. The van der Waals surface area contributed by atoms with Crippen molar-refractivity contribution in [1.29, 1.82) is 0 Å². The molecule has 48 heavy (non-hydrogen) atoms. The Labute approximate surface area is 279 Å². The van der Waals surface area contributed by atoms with Crippen LogP contribution in [0.3, 0.4) is 0 Å². The number of ether oxygens (including phenoxy) is 2. The largest absolute Gasteiger partial charge is 0.445 e. The van der Waals surface area contributed by atoms with Crippen molar-refractivity contribution in [2.45, 2.75) is 103 Å². The molecule has 0 aromatic heterocycles. The van der Waals surface area contributed by atoms with Crippen LogP contribution in [0.1, 0.15) is 58.9 Å². The Morgan fingerprint density at radius 3 is 2.38 bits per heavy atom. The molecule has 0 saturated carbocycles. The third-order valence-corrected chi connectivity index (χ3v) is 8.05. The third-order valence-electron chi connectivity index (χ3n) is 8.05. The van der Waals surface area contributed by atoms with E-state index in [2.05, 4.69) is 26.6 Å². The van der Waals surface area contributed by atoms with E-state index >= 15 is 0 Å². The molecule has 16 nitrogen and oxygen atoms in total. The SMILES string of the molecule is CC(C)C[C@H](NC(=O)C1CCCN1C(=O)CNC(=O)C(C)NC(=O)CNC(=O)OCc1ccccc1)C(=O)NC1CC(O)OC(C)C1O. The Balaban J connectivity index is 1.45. The fraction of sp³-hybridized carbons (Fsp3) is 0.625. The van der Waals surface area contributed by atoms with Gasteiger partial charge < -0.3 is 51.2 Å². The van der Waals surface area contributed by atoms with E-state index < -0.39 is 91.4 Å². The summed E-state index contributed by atoms with van der Waals surface area (Å²) in [6, 6.07) is 5.37. The lowest BCUT2D eigenvalue weighted by atomic mass is 9.97. The molecule has 6 amide bonds. The Morgan fingerprint density at radius 1 is 0.979 bits per heavy atom. The van der Waals surface area contributed by atoms with Crippen LogP contribution in [-0.4, -0.2) is 113 Å². The van der Waals surface area contributed by atoms with Crippen LogP contribution >= 0.6 is 0 Å². The molecule has 6 unspecified atom stereocenters. The first-order chi connectivity index (χ1) is 22.7. The first-order valence-corrected chi connectivity index (χ1v) is 16.2. The number of benzene rings is 1. The van der Waals surface area contributed by atoms with Crippen molar-refractivity contribution < 1.29 is 48.5 Å². The van der Waals surface area contributed by atoms with Crippen molar-refractivity contribution in [2.75, 3.05) is 19.6 Å². The van der Waals surface area contributed by atoms with Crippen molar-refractivity contribution in [3.63, 3.8) is 0 Å². The summed E-state index contributed by atoms with van der Waals surface area (Å²) in [5, 5.41) is 33.0. The highest BCUT2D eigenvalue weighted by molar-refractivity contribution is 5.94. The number of hydrogen-bond donors (Lipinski definition) is 7. The second-order valence-electron chi connectivity index (χ2n) is 12.5. The monoisotopic (exact) mass is 676 g/mol. The summed E-state index contributed by atoms with van der Waals surface area (Å²) < 4.78 is 10.2. The van der Waals surface area contributed by atoms with Crippen molar-refractivity contribution in [3.05, 3.63) is 35.9 Å². The van der Waals surface area contributed by atoms with Gasteiger partial charge in [-0.05, 0) is 44.6 Å². The van der Waals surface area contributed by atoms with Gasteiger partial charge in [-0.1, -0.05) is 44.2 Å². The van der Waals surface area contributed by atoms with Crippen molar-refractivity contribution >= 4 is 35.6 Å². The van der Waals surface area contributed by atoms with Crippen molar-refractivity contribution in [2.24, 2.45) is 5.92 Å². The van der Waals surface area contributed by atoms with Gasteiger partial charge in [0.2, 0.25) is 29.5 Å². The summed E-state index contributed by atoms with van der Waals surface area (Å²) in [5.41, 5.74) is 0.778. The molecule has 266 valence electrons. The zero-order valence-corrected chi connectivity index (χ0v) is 27.8. The first-order valence-electron chi connectivity index (χ1n) is 16.2. The molecule has 7 N–H and O–H groups in total. The highest BCUT2D eigenvalue weighted by Crippen LogP contribution is 2.20. The predicted molar refractivity (Wildman–Crippen MR) is 170 cm³/mol. The molecule has 7 atom stereocenters. The van der Waals surface area contributed by atoms with E-state index in [-0.39, 0.29) is 25.5 Å². The minimum Gasteiger partial charge on any atom is -0.445 e. The van der Waals surface area contributed by atoms with Gasteiger partial charge in [-0.15, -0.1) is 0 Å². The second-order valence-corrected chi connectivity index (χ2v) is 12.5. The van der Waals surface area contributed by atoms with E-state index in [1.54, 1.807) is 31.2 Å². The Kier molecular flexibility index (Phi) is 14.6. The van der Waals surface area contributed by atoms with Gasteiger partial charge in [0.05, 0.1) is 18.7 Å². The van der Waals surface area contributed by atoms with Crippen LogP contribution in [0.25, 0.3) is 0 Å². The molecule has 1 aromatic rings. The molecular weight excluding hydrogens is 628 g/mol. The number of hydrogen-bond acceptors (Lipinski definition) is 10. The lowest BCUT2D eigenvalue weighted by molar-refractivity contribution is -0.202. The summed E-state index contributed by atoms with van der Waals surface area (Å²) in [6.45, 7) is 6.21. The number of nitrogens with zero attached hydrogens (tertiary/aromatic N) is 1. The topological polar surface area (TPSA) is 225 Å². The smallest absolute Gasteiger partial charge is 0.407 e. The molecule has 2 heterocycles. The number of amides is 6. The van der Waals surface area contributed by atoms with Crippen LogP contribution in [0.5, 0.6) is 0 Å². The fourth-order valence-corrected chi connectivity index (χ4v) is 5.51. The Hall–Kier alpha value is -4.28.